The van der Waals surface area contributed by atoms with Gasteiger partial charge in [-0.3, -0.25) is 4.79 Å². The lowest BCUT2D eigenvalue weighted by atomic mass is 9.89. The van der Waals surface area contributed by atoms with Crippen LogP contribution in [0.4, 0.5) is 0 Å². The zero-order valence-corrected chi connectivity index (χ0v) is 8.74. The number of carbonyl (C=O) groups excluding carboxylic acids is 1. The van der Waals surface area contributed by atoms with Gasteiger partial charge in [-0.25, -0.2) is 0 Å². The quantitative estimate of drug-likeness (QED) is 0.677. The second kappa shape index (κ2) is 3.12. The highest BCUT2D eigenvalue weighted by molar-refractivity contribution is 6.11. The van der Waals surface area contributed by atoms with Gasteiger partial charge in [-0.2, -0.15) is 0 Å². The standard InChI is InChI=1S/C12H15NO/c1-4-9-8(3)13-10-6-5-7(2)12(14)11(9)10/h13H,2,4-6H2,1,3H3. The fraction of sp³-hybridized carbons (Fsp3) is 0.417. The number of nitrogens with one attached hydrogen (secondary N) is 1. The Hall–Kier alpha value is -1.31. The molecule has 2 nitrogen and oxygen atoms in total. The largest absolute Gasteiger partial charge is 0.362 e. The van der Waals surface area contributed by atoms with Gasteiger partial charge in [0.05, 0.1) is 0 Å². The van der Waals surface area contributed by atoms with Crippen LogP contribution in [0.15, 0.2) is 12.2 Å². The van der Waals surface area contributed by atoms with Crippen molar-refractivity contribution in [2.24, 2.45) is 0 Å². The Morgan fingerprint density at radius 2 is 2.14 bits per heavy atom. The highest BCUT2D eigenvalue weighted by Crippen LogP contribution is 2.28. The van der Waals surface area contributed by atoms with Crippen LogP contribution in [0, 0.1) is 6.92 Å². The van der Waals surface area contributed by atoms with E-state index in [2.05, 4.69) is 18.5 Å². The molecular formula is C12H15NO. The summed E-state index contributed by atoms with van der Waals surface area (Å²) < 4.78 is 0. The van der Waals surface area contributed by atoms with Crippen molar-refractivity contribution >= 4 is 5.78 Å². The summed E-state index contributed by atoms with van der Waals surface area (Å²) in [6.45, 7) is 7.93. The molecule has 1 aliphatic carbocycles. The van der Waals surface area contributed by atoms with Crippen LogP contribution in [0.1, 0.15) is 40.7 Å². The van der Waals surface area contributed by atoms with Gasteiger partial charge in [0, 0.05) is 17.0 Å². The molecule has 0 spiro atoms. The van der Waals surface area contributed by atoms with Crippen LogP contribution in [0.3, 0.4) is 0 Å². The van der Waals surface area contributed by atoms with E-state index in [9.17, 15) is 4.79 Å². The summed E-state index contributed by atoms with van der Waals surface area (Å²) in [6.07, 6.45) is 2.65. The van der Waals surface area contributed by atoms with Crippen molar-refractivity contribution in [3.63, 3.8) is 0 Å². The molecule has 0 fully saturated rings. The molecule has 1 aliphatic rings. The van der Waals surface area contributed by atoms with Crippen LogP contribution in [-0.4, -0.2) is 10.8 Å². The molecular weight excluding hydrogens is 174 g/mol. The zero-order chi connectivity index (χ0) is 10.3. The van der Waals surface area contributed by atoms with Gasteiger partial charge in [-0.05, 0) is 37.3 Å². The molecule has 1 heterocycles. The Balaban J connectivity index is 2.62. The number of rotatable bonds is 1. The highest BCUT2D eigenvalue weighted by Gasteiger charge is 2.25. The van der Waals surface area contributed by atoms with E-state index < -0.39 is 0 Å². The van der Waals surface area contributed by atoms with Crippen molar-refractivity contribution in [1.29, 1.82) is 0 Å². The van der Waals surface area contributed by atoms with Crippen molar-refractivity contribution < 1.29 is 4.79 Å². The van der Waals surface area contributed by atoms with E-state index in [1.165, 1.54) is 5.56 Å². The van der Waals surface area contributed by atoms with Gasteiger partial charge in [0.25, 0.3) is 0 Å². The number of H-pyrrole nitrogens is 1. The van der Waals surface area contributed by atoms with E-state index in [4.69, 9.17) is 0 Å². The fourth-order valence-electron chi connectivity index (χ4n) is 2.20. The smallest absolute Gasteiger partial charge is 0.190 e. The normalized spacial score (nSPS) is 15.9. The number of hydrogen-bond acceptors (Lipinski definition) is 1. The molecule has 0 aromatic carbocycles. The number of hydrogen-bond donors (Lipinski definition) is 1. The van der Waals surface area contributed by atoms with Crippen molar-refractivity contribution in [2.45, 2.75) is 33.1 Å². The van der Waals surface area contributed by atoms with E-state index in [0.717, 1.165) is 41.8 Å². The summed E-state index contributed by atoms with van der Waals surface area (Å²) in [6, 6.07) is 0. The third-order valence-corrected chi connectivity index (χ3v) is 2.97. The van der Waals surface area contributed by atoms with E-state index in [0.29, 0.717) is 0 Å². The second-order valence-electron chi connectivity index (χ2n) is 3.87. The monoisotopic (exact) mass is 189 g/mol. The maximum Gasteiger partial charge on any atom is 0.190 e. The van der Waals surface area contributed by atoms with Crippen molar-refractivity contribution in [3.8, 4) is 0 Å². The molecule has 2 heteroatoms. The van der Waals surface area contributed by atoms with Crippen molar-refractivity contribution in [3.05, 3.63) is 34.7 Å². The number of aromatic amines is 1. The van der Waals surface area contributed by atoms with Crippen molar-refractivity contribution in [2.75, 3.05) is 0 Å². The molecule has 0 saturated carbocycles. The number of allylic oxidation sites excluding steroid dienone is 1. The Bertz CT molecular complexity index is 412. The minimum Gasteiger partial charge on any atom is -0.362 e. The van der Waals surface area contributed by atoms with Gasteiger partial charge >= 0.3 is 0 Å². The molecule has 1 N–H and O–H groups in total. The van der Waals surface area contributed by atoms with Crippen molar-refractivity contribution in [1.82, 2.24) is 4.98 Å². The number of fused-ring (bicyclic) bond motifs is 1. The Kier molecular flexibility index (Phi) is 2.06. The van der Waals surface area contributed by atoms with Crippen LogP contribution < -0.4 is 0 Å². The molecule has 0 aliphatic heterocycles. The molecule has 0 atom stereocenters. The Morgan fingerprint density at radius 3 is 2.79 bits per heavy atom. The van der Waals surface area contributed by atoms with Gasteiger partial charge in [-0.15, -0.1) is 0 Å². The predicted molar refractivity (Wildman–Crippen MR) is 56.7 cm³/mol. The minimum atomic E-state index is 0.146. The molecule has 0 amide bonds. The third-order valence-electron chi connectivity index (χ3n) is 2.97. The number of carbonyl (C=O) groups is 1. The summed E-state index contributed by atoms with van der Waals surface area (Å²) in [5.74, 6) is 0.146. The third kappa shape index (κ3) is 1.14. The number of aryl methyl sites for hydroxylation is 2. The average molecular weight is 189 g/mol. The van der Waals surface area contributed by atoms with Crippen LogP contribution in [0.25, 0.3) is 0 Å². The molecule has 2 rings (SSSR count). The number of ketones is 1. The number of Topliss-reactive ketones (excluding diaryl/α,β-unsaturated/α-hetero) is 1. The van der Waals surface area contributed by atoms with E-state index >= 15 is 0 Å². The first-order chi connectivity index (χ1) is 6.65. The van der Waals surface area contributed by atoms with Crippen LogP contribution in [0.2, 0.25) is 0 Å². The fourth-order valence-corrected chi connectivity index (χ4v) is 2.20. The van der Waals surface area contributed by atoms with Gasteiger partial charge in [0.15, 0.2) is 5.78 Å². The highest BCUT2D eigenvalue weighted by atomic mass is 16.1. The van der Waals surface area contributed by atoms with Gasteiger partial charge < -0.3 is 4.98 Å². The molecule has 1 aromatic heterocycles. The van der Waals surface area contributed by atoms with Crippen LogP contribution in [-0.2, 0) is 12.8 Å². The molecule has 74 valence electrons. The van der Waals surface area contributed by atoms with Crippen LogP contribution >= 0.6 is 0 Å². The number of aromatic nitrogens is 1. The first-order valence-corrected chi connectivity index (χ1v) is 5.08. The minimum absolute atomic E-state index is 0.146. The van der Waals surface area contributed by atoms with E-state index in [1.807, 2.05) is 6.92 Å². The summed E-state index contributed by atoms with van der Waals surface area (Å²) in [7, 11) is 0. The summed E-state index contributed by atoms with van der Waals surface area (Å²) in [5, 5.41) is 0. The lowest BCUT2D eigenvalue weighted by Gasteiger charge is -2.13. The van der Waals surface area contributed by atoms with E-state index in [-0.39, 0.29) is 5.78 Å². The molecule has 0 unspecified atom stereocenters. The molecule has 14 heavy (non-hydrogen) atoms. The topological polar surface area (TPSA) is 32.9 Å². The van der Waals surface area contributed by atoms with Crippen LogP contribution in [0.5, 0.6) is 0 Å². The van der Waals surface area contributed by atoms with E-state index in [1.54, 1.807) is 0 Å². The summed E-state index contributed by atoms with van der Waals surface area (Å²) in [4.78, 5) is 15.2. The van der Waals surface area contributed by atoms with Gasteiger partial charge in [-0.1, -0.05) is 13.5 Å². The Morgan fingerprint density at radius 1 is 1.43 bits per heavy atom. The first kappa shape index (κ1) is 9.25. The average Bonchev–Trinajstić information content (AvgIpc) is 2.48. The molecule has 0 bridgehead atoms. The first-order valence-electron chi connectivity index (χ1n) is 5.08. The molecule has 1 aromatic rings. The molecule has 0 radical (unpaired) electrons. The van der Waals surface area contributed by atoms with Gasteiger partial charge in [0.1, 0.15) is 0 Å². The van der Waals surface area contributed by atoms with Gasteiger partial charge in [0.2, 0.25) is 0 Å². The zero-order valence-electron chi connectivity index (χ0n) is 8.74. The molecule has 0 saturated heterocycles. The second-order valence-corrected chi connectivity index (χ2v) is 3.87. The lowest BCUT2D eigenvalue weighted by molar-refractivity contribution is 0.102. The Labute approximate surface area is 84.0 Å². The predicted octanol–water partition coefficient (Wildman–Crippen LogP) is 2.57. The lowest BCUT2D eigenvalue weighted by Crippen LogP contribution is -2.13. The summed E-state index contributed by atoms with van der Waals surface area (Å²) >= 11 is 0. The summed E-state index contributed by atoms with van der Waals surface area (Å²) in [5.41, 5.74) is 5.08. The maximum atomic E-state index is 11.9. The SMILES string of the molecule is C=C1CCc2[nH]c(C)c(CC)c2C1=O. The maximum absolute atomic E-state index is 11.9.